The number of hydrogen-bond acceptors (Lipinski definition) is 12. The third-order valence-electron chi connectivity index (χ3n) is 3.33. The Balaban J connectivity index is 2.32. The van der Waals surface area contributed by atoms with Gasteiger partial charge in [0, 0.05) is 4.90 Å². The molecule has 0 aliphatic rings. The van der Waals surface area contributed by atoms with Gasteiger partial charge in [-0.15, -0.1) is 14.6 Å². The Morgan fingerprint density at radius 3 is 2.23 bits per heavy atom. The molecule has 0 fully saturated rings. The van der Waals surface area contributed by atoms with Crippen molar-refractivity contribution >= 4 is 45.1 Å². The van der Waals surface area contributed by atoms with Gasteiger partial charge in [0.25, 0.3) is 16.0 Å². The number of allylic oxidation sites excluding steroid dienone is 1. The van der Waals surface area contributed by atoms with Crippen molar-refractivity contribution in [1.82, 2.24) is 0 Å². The summed E-state index contributed by atoms with van der Waals surface area (Å²) in [5.74, 6) is -1.60. The summed E-state index contributed by atoms with van der Waals surface area (Å²) < 4.78 is 37.2. The van der Waals surface area contributed by atoms with Crippen molar-refractivity contribution in [2.45, 2.75) is 16.7 Å². The third-order valence-corrected chi connectivity index (χ3v) is 4.81. The Hall–Kier alpha value is -3.21. The quantitative estimate of drug-likeness (QED) is 0.0790. The maximum absolute atomic E-state index is 11.7. The van der Waals surface area contributed by atoms with E-state index in [0.29, 0.717) is 10.6 Å². The molecule has 0 atom stereocenters. The van der Waals surface area contributed by atoms with Gasteiger partial charge in [0.1, 0.15) is 16.3 Å². The molecular weight excluding hydrogens is 454 g/mol. The summed E-state index contributed by atoms with van der Waals surface area (Å²) in [6, 6.07) is 9.81. The first-order valence-corrected chi connectivity index (χ1v) is 10.2. The van der Waals surface area contributed by atoms with Crippen LogP contribution in [0.5, 0.6) is 0 Å². The topological polar surface area (TPSA) is 206 Å². The van der Waals surface area contributed by atoms with Gasteiger partial charge in [0.2, 0.25) is 0 Å². The highest BCUT2D eigenvalue weighted by Gasteiger charge is 2.17. The minimum Gasteiger partial charge on any atom is -0.510 e. The summed E-state index contributed by atoms with van der Waals surface area (Å²) in [4.78, 5) is 11.2. The minimum atomic E-state index is -4.74. The van der Waals surface area contributed by atoms with Crippen LogP contribution in [0.25, 0.3) is 0 Å². The lowest BCUT2D eigenvalue weighted by molar-refractivity contribution is -0.432. The van der Waals surface area contributed by atoms with Crippen molar-refractivity contribution < 1.29 is 37.5 Å². The van der Waals surface area contributed by atoms with Crippen molar-refractivity contribution in [2.24, 2.45) is 26.2 Å². The highest BCUT2D eigenvalue weighted by atomic mass is 32.2. The fourth-order valence-corrected chi connectivity index (χ4v) is 3.00. The van der Waals surface area contributed by atoms with Crippen LogP contribution in [0.4, 0.5) is 17.1 Å². The monoisotopic (exact) mass is 469 g/mol. The fraction of sp³-hybridized carbons (Fsp3) is 0.0625. The second-order valence-corrected chi connectivity index (χ2v) is 7.71. The van der Waals surface area contributed by atoms with E-state index in [-0.39, 0.29) is 11.4 Å². The molecular formula is C16H15N5O8S2. The number of azo groups is 2. The van der Waals surface area contributed by atoms with Crippen molar-refractivity contribution in [2.75, 3.05) is 0 Å². The summed E-state index contributed by atoms with van der Waals surface area (Å²) in [6.07, 6.45) is 0. The Bertz CT molecular complexity index is 1140. The van der Waals surface area contributed by atoms with Crippen molar-refractivity contribution in [3.63, 3.8) is 0 Å². The molecule has 2 rings (SSSR count). The molecule has 0 aliphatic carbocycles. The van der Waals surface area contributed by atoms with E-state index in [1.807, 2.05) is 0 Å². The molecule has 0 saturated heterocycles. The van der Waals surface area contributed by atoms with Gasteiger partial charge in [-0.3, -0.25) is 9.35 Å². The predicted octanol–water partition coefficient (Wildman–Crippen LogP) is 4.14. The highest BCUT2D eigenvalue weighted by molar-refractivity contribution is 7.94. The highest BCUT2D eigenvalue weighted by Crippen LogP contribution is 2.31. The molecule has 0 aromatic heterocycles. The van der Waals surface area contributed by atoms with Gasteiger partial charge < -0.3 is 10.8 Å². The predicted molar refractivity (Wildman–Crippen MR) is 107 cm³/mol. The van der Waals surface area contributed by atoms with Crippen LogP contribution in [-0.2, 0) is 24.3 Å². The first-order valence-electron chi connectivity index (χ1n) is 8.01. The zero-order valence-electron chi connectivity index (χ0n) is 15.6. The lowest BCUT2D eigenvalue weighted by atomic mass is 10.3. The molecule has 15 heteroatoms. The number of amides is 1. The molecule has 0 bridgehead atoms. The van der Waals surface area contributed by atoms with Gasteiger partial charge >= 0.3 is 0 Å². The summed E-state index contributed by atoms with van der Waals surface area (Å²) in [5, 5.41) is 35.8. The van der Waals surface area contributed by atoms with Crippen molar-refractivity contribution in [3.05, 3.63) is 53.9 Å². The number of rotatable bonds is 9. The van der Waals surface area contributed by atoms with Crippen LogP contribution in [0.2, 0.25) is 0 Å². The Labute approximate surface area is 179 Å². The number of nitrogens with two attached hydrogens (primary N) is 1. The van der Waals surface area contributed by atoms with E-state index in [1.54, 1.807) is 24.3 Å². The summed E-state index contributed by atoms with van der Waals surface area (Å²) in [7, 11) is -4.74. The number of carbonyl (C=O) groups excluding carboxylic acids is 1. The molecule has 31 heavy (non-hydrogen) atoms. The fourth-order valence-electron chi connectivity index (χ4n) is 2.00. The second-order valence-electron chi connectivity index (χ2n) is 5.55. The number of aliphatic hydroxyl groups excluding tert-OH is 1. The largest absolute Gasteiger partial charge is 0.510 e. The zero-order valence-corrected chi connectivity index (χ0v) is 17.2. The molecule has 0 aliphatic heterocycles. The molecule has 0 saturated carbocycles. The van der Waals surface area contributed by atoms with Crippen LogP contribution in [0.15, 0.2) is 84.2 Å². The van der Waals surface area contributed by atoms with Gasteiger partial charge in [-0.05, 0) is 49.4 Å². The second kappa shape index (κ2) is 10.7. The molecule has 0 spiro atoms. The molecule has 5 N–H and O–H groups in total. The van der Waals surface area contributed by atoms with E-state index in [0.717, 1.165) is 31.1 Å². The van der Waals surface area contributed by atoms with Crippen LogP contribution in [0.3, 0.4) is 0 Å². The zero-order chi connectivity index (χ0) is 23.0. The van der Waals surface area contributed by atoms with Crippen molar-refractivity contribution in [3.8, 4) is 0 Å². The molecule has 164 valence electrons. The number of primary amides is 1. The van der Waals surface area contributed by atoms with Gasteiger partial charge in [0.15, 0.2) is 5.70 Å². The van der Waals surface area contributed by atoms with Crippen molar-refractivity contribution in [1.29, 1.82) is 0 Å². The average molecular weight is 469 g/mol. The van der Waals surface area contributed by atoms with Gasteiger partial charge in [-0.1, -0.05) is 5.04 Å². The van der Waals surface area contributed by atoms with Crippen LogP contribution in [-0.4, -0.2) is 29.2 Å². The van der Waals surface area contributed by atoms with Gasteiger partial charge in [-0.2, -0.15) is 18.6 Å². The molecule has 1 amide bonds. The molecule has 0 radical (unpaired) electrons. The lowest BCUT2D eigenvalue weighted by Crippen LogP contribution is -2.13. The number of hydrogen-bond donors (Lipinski definition) is 4. The standard InChI is InChI=1S/C16H15N5O8S2/c1-9(22)15(16(17)23)21-20-13-7-4-11(8-14(13)31(25,26)27)19-18-10-2-5-12(6-3-10)30-29-28-24/h2-8,22,24H,1H3,(H2,17,23)(H,25,26,27). The van der Waals surface area contributed by atoms with E-state index in [1.165, 1.54) is 6.07 Å². The maximum atomic E-state index is 11.7. The van der Waals surface area contributed by atoms with Crippen LogP contribution < -0.4 is 5.73 Å². The van der Waals surface area contributed by atoms with E-state index in [2.05, 4.69) is 29.8 Å². The minimum absolute atomic E-state index is 0.0612. The van der Waals surface area contributed by atoms with E-state index in [9.17, 15) is 22.9 Å². The molecule has 0 unspecified atom stereocenters. The number of carbonyl (C=O) groups is 1. The van der Waals surface area contributed by atoms with Gasteiger partial charge in [-0.25, -0.2) is 5.26 Å². The van der Waals surface area contributed by atoms with E-state index < -0.39 is 32.4 Å². The summed E-state index contributed by atoms with van der Waals surface area (Å²) in [6.45, 7) is 1.14. The van der Waals surface area contributed by atoms with Crippen LogP contribution in [0.1, 0.15) is 6.92 Å². The maximum Gasteiger partial charge on any atom is 0.296 e. The van der Waals surface area contributed by atoms with Gasteiger partial charge in [0.05, 0.1) is 23.4 Å². The molecule has 13 nitrogen and oxygen atoms in total. The number of aliphatic hydroxyl groups is 1. The normalized spacial score (nSPS) is 13.0. The smallest absolute Gasteiger partial charge is 0.296 e. The third kappa shape index (κ3) is 7.21. The summed E-state index contributed by atoms with van der Waals surface area (Å²) >= 11 is 0.754. The van der Waals surface area contributed by atoms with Crippen LogP contribution in [0, 0.1) is 0 Å². The first kappa shape index (κ1) is 24.1. The lowest BCUT2D eigenvalue weighted by Gasteiger charge is -2.03. The Morgan fingerprint density at radius 2 is 1.68 bits per heavy atom. The SMILES string of the molecule is CC(O)=C(N=Nc1ccc(N=Nc2ccc(SOOO)cc2)cc1S(=O)(=O)O)C(N)=O. The molecule has 0 heterocycles. The molecule has 2 aromatic rings. The average Bonchev–Trinajstić information content (AvgIpc) is 2.71. The first-order chi connectivity index (χ1) is 14.6. The number of nitrogens with zero attached hydrogens (tertiary/aromatic N) is 4. The van der Waals surface area contributed by atoms with Crippen LogP contribution >= 0.6 is 12.0 Å². The summed E-state index contributed by atoms with van der Waals surface area (Å²) in [5.41, 5.74) is 4.61. The Morgan fingerprint density at radius 1 is 1.06 bits per heavy atom. The number of benzene rings is 2. The molecule has 2 aromatic carbocycles. The Kier molecular flexibility index (Phi) is 8.31. The van der Waals surface area contributed by atoms with E-state index >= 15 is 0 Å². The van der Waals surface area contributed by atoms with E-state index in [4.69, 9.17) is 11.0 Å².